The van der Waals surface area contributed by atoms with Crippen LogP contribution in [0, 0.1) is 0 Å². The van der Waals surface area contributed by atoms with E-state index in [-0.39, 0.29) is 0 Å². The first kappa shape index (κ1) is 7.32. The topological polar surface area (TPSA) is 0 Å². The van der Waals surface area contributed by atoms with Gasteiger partial charge < -0.3 is 0 Å². The molecule has 0 radical (unpaired) electrons. The molecule has 0 N–H and O–H groups in total. The van der Waals surface area contributed by atoms with Gasteiger partial charge in [0.05, 0.1) is 0 Å². The number of fused-ring (bicyclic) bond motifs is 1. The van der Waals surface area contributed by atoms with Gasteiger partial charge in [-0.15, -0.1) is 11.3 Å². The van der Waals surface area contributed by atoms with E-state index >= 15 is 0 Å². The van der Waals surface area contributed by atoms with Gasteiger partial charge in [0.2, 0.25) is 0 Å². The molecule has 0 amide bonds. The molecule has 0 saturated heterocycles. The highest BCUT2D eigenvalue weighted by atomic mass is 79.9. The number of hydrogen-bond acceptors (Lipinski definition) is 1. The second-order valence-electron chi connectivity index (χ2n) is 2.43. The van der Waals surface area contributed by atoms with Crippen molar-refractivity contribution in [1.29, 1.82) is 0 Å². The Labute approximate surface area is 78.0 Å². The monoisotopic (exact) mass is 226 g/mol. The maximum atomic E-state index is 3.44. The van der Waals surface area contributed by atoms with Gasteiger partial charge in [-0.1, -0.05) is 28.1 Å². The SMILES string of the molecule is BrCc1ccc2ccsc2c1. The molecule has 0 aliphatic rings. The molecule has 0 spiro atoms. The summed E-state index contributed by atoms with van der Waals surface area (Å²) in [7, 11) is 0. The van der Waals surface area contributed by atoms with Gasteiger partial charge in [0.1, 0.15) is 0 Å². The molecular formula is C9H7BrS. The van der Waals surface area contributed by atoms with Crippen molar-refractivity contribution in [3.8, 4) is 0 Å². The molecule has 1 heterocycles. The van der Waals surface area contributed by atoms with Crippen molar-refractivity contribution in [2.24, 2.45) is 0 Å². The number of thiophene rings is 1. The standard InChI is InChI=1S/C9H7BrS/c10-6-7-1-2-8-3-4-11-9(8)5-7/h1-5H,6H2. The Morgan fingerprint density at radius 2 is 2.18 bits per heavy atom. The van der Waals surface area contributed by atoms with Gasteiger partial charge in [-0.2, -0.15) is 0 Å². The van der Waals surface area contributed by atoms with Crippen LogP contribution in [0.25, 0.3) is 10.1 Å². The minimum Gasteiger partial charge on any atom is -0.144 e. The predicted molar refractivity (Wildman–Crippen MR) is 54.5 cm³/mol. The molecule has 0 unspecified atom stereocenters. The first-order valence-electron chi connectivity index (χ1n) is 3.42. The van der Waals surface area contributed by atoms with E-state index in [0.29, 0.717) is 0 Å². The second kappa shape index (κ2) is 2.95. The summed E-state index contributed by atoms with van der Waals surface area (Å²) in [4.78, 5) is 0. The summed E-state index contributed by atoms with van der Waals surface area (Å²) in [5.74, 6) is 0. The molecule has 11 heavy (non-hydrogen) atoms. The fraction of sp³-hybridized carbons (Fsp3) is 0.111. The molecule has 56 valence electrons. The molecule has 0 nitrogen and oxygen atoms in total. The van der Waals surface area contributed by atoms with Gasteiger partial charge >= 0.3 is 0 Å². The zero-order valence-corrected chi connectivity index (χ0v) is 8.28. The van der Waals surface area contributed by atoms with Crippen LogP contribution in [0.1, 0.15) is 5.56 Å². The Hall–Kier alpha value is -0.340. The minimum absolute atomic E-state index is 0.945. The lowest BCUT2D eigenvalue weighted by molar-refractivity contribution is 1.47. The molecule has 0 aliphatic carbocycles. The number of benzene rings is 1. The fourth-order valence-electron chi connectivity index (χ4n) is 1.08. The van der Waals surface area contributed by atoms with E-state index < -0.39 is 0 Å². The third-order valence-corrected chi connectivity index (χ3v) is 3.20. The Morgan fingerprint density at radius 1 is 1.27 bits per heavy atom. The van der Waals surface area contributed by atoms with Crippen molar-refractivity contribution < 1.29 is 0 Å². The Balaban J connectivity index is 2.67. The largest absolute Gasteiger partial charge is 0.144 e. The molecule has 0 atom stereocenters. The second-order valence-corrected chi connectivity index (χ2v) is 3.93. The highest BCUT2D eigenvalue weighted by molar-refractivity contribution is 9.08. The third kappa shape index (κ3) is 1.33. The lowest BCUT2D eigenvalue weighted by atomic mass is 10.2. The van der Waals surface area contributed by atoms with Crippen LogP contribution in [0.15, 0.2) is 29.6 Å². The van der Waals surface area contributed by atoms with Crippen molar-refractivity contribution in [2.75, 3.05) is 0 Å². The van der Waals surface area contributed by atoms with E-state index in [0.717, 1.165) is 5.33 Å². The molecule has 1 aromatic heterocycles. The first-order valence-corrected chi connectivity index (χ1v) is 5.42. The summed E-state index contributed by atoms with van der Waals surface area (Å²) in [6.45, 7) is 0. The van der Waals surface area contributed by atoms with Crippen LogP contribution in [-0.4, -0.2) is 0 Å². The average molecular weight is 227 g/mol. The predicted octanol–water partition coefficient (Wildman–Crippen LogP) is 3.80. The van der Waals surface area contributed by atoms with Gasteiger partial charge in [0, 0.05) is 10.0 Å². The van der Waals surface area contributed by atoms with Crippen molar-refractivity contribution in [2.45, 2.75) is 5.33 Å². The third-order valence-electron chi connectivity index (χ3n) is 1.67. The fourth-order valence-corrected chi connectivity index (χ4v) is 2.28. The van der Waals surface area contributed by atoms with E-state index in [9.17, 15) is 0 Å². The highest BCUT2D eigenvalue weighted by Crippen LogP contribution is 2.22. The minimum atomic E-state index is 0.945. The first-order chi connectivity index (χ1) is 5.40. The summed E-state index contributed by atoms with van der Waals surface area (Å²) >= 11 is 5.23. The average Bonchev–Trinajstić information content (AvgIpc) is 2.50. The molecular weight excluding hydrogens is 220 g/mol. The molecule has 0 saturated carbocycles. The van der Waals surface area contributed by atoms with Crippen LogP contribution < -0.4 is 0 Å². The van der Waals surface area contributed by atoms with Gasteiger partial charge in [0.25, 0.3) is 0 Å². The van der Waals surface area contributed by atoms with Crippen LogP contribution >= 0.6 is 27.3 Å². The van der Waals surface area contributed by atoms with Gasteiger partial charge in [-0.3, -0.25) is 0 Å². The molecule has 0 aliphatic heterocycles. The van der Waals surface area contributed by atoms with Gasteiger partial charge in [-0.05, 0) is 28.5 Å². The highest BCUT2D eigenvalue weighted by Gasteiger charge is 1.94. The van der Waals surface area contributed by atoms with E-state index in [4.69, 9.17) is 0 Å². The number of halogens is 1. The lowest BCUT2D eigenvalue weighted by Crippen LogP contribution is -1.73. The van der Waals surface area contributed by atoms with Crippen molar-refractivity contribution in [1.82, 2.24) is 0 Å². The molecule has 1 aromatic carbocycles. The summed E-state index contributed by atoms with van der Waals surface area (Å²) in [6.07, 6.45) is 0. The number of hydrogen-bond donors (Lipinski definition) is 0. The van der Waals surface area contributed by atoms with Gasteiger partial charge in [0.15, 0.2) is 0 Å². The molecule has 0 bridgehead atoms. The Bertz CT molecular complexity index is 364. The molecule has 2 heteroatoms. The van der Waals surface area contributed by atoms with E-state index in [2.05, 4.69) is 45.6 Å². The van der Waals surface area contributed by atoms with Crippen LogP contribution in [0.5, 0.6) is 0 Å². The summed E-state index contributed by atoms with van der Waals surface area (Å²) < 4.78 is 1.38. The van der Waals surface area contributed by atoms with E-state index in [1.807, 2.05) is 0 Å². The van der Waals surface area contributed by atoms with E-state index in [1.165, 1.54) is 15.6 Å². The zero-order valence-electron chi connectivity index (χ0n) is 5.88. The van der Waals surface area contributed by atoms with Crippen LogP contribution in [-0.2, 0) is 5.33 Å². The van der Waals surface area contributed by atoms with Crippen LogP contribution in [0.2, 0.25) is 0 Å². The Morgan fingerprint density at radius 3 is 3.00 bits per heavy atom. The normalized spacial score (nSPS) is 10.6. The maximum Gasteiger partial charge on any atom is 0.0345 e. The zero-order chi connectivity index (χ0) is 7.68. The summed E-state index contributed by atoms with van der Waals surface area (Å²) in [6, 6.07) is 8.71. The number of rotatable bonds is 1. The number of alkyl halides is 1. The van der Waals surface area contributed by atoms with Crippen molar-refractivity contribution in [3.63, 3.8) is 0 Å². The van der Waals surface area contributed by atoms with Crippen LogP contribution in [0.3, 0.4) is 0 Å². The quantitative estimate of drug-likeness (QED) is 0.650. The van der Waals surface area contributed by atoms with Crippen LogP contribution in [0.4, 0.5) is 0 Å². The Kier molecular flexibility index (Phi) is 1.96. The molecule has 2 aromatic rings. The van der Waals surface area contributed by atoms with Crippen molar-refractivity contribution in [3.05, 3.63) is 35.2 Å². The van der Waals surface area contributed by atoms with Crippen molar-refractivity contribution >= 4 is 37.4 Å². The molecule has 0 fully saturated rings. The lowest BCUT2D eigenvalue weighted by Gasteiger charge is -1.93. The van der Waals surface area contributed by atoms with E-state index in [1.54, 1.807) is 11.3 Å². The smallest absolute Gasteiger partial charge is 0.0345 e. The maximum absolute atomic E-state index is 3.44. The van der Waals surface area contributed by atoms with Gasteiger partial charge in [-0.25, -0.2) is 0 Å². The molecule has 2 rings (SSSR count). The summed E-state index contributed by atoms with van der Waals surface area (Å²) in [5.41, 5.74) is 1.35. The summed E-state index contributed by atoms with van der Waals surface area (Å²) in [5, 5.41) is 4.42.